The van der Waals surface area contributed by atoms with Crippen LogP contribution >= 0.6 is 0 Å². The molecule has 0 radical (unpaired) electrons. The zero-order chi connectivity index (χ0) is 22.2. The fourth-order valence-corrected chi connectivity index (χ4v) is 4.05. The molecule has 1 aromatic carbocycles. The van der Waals surface area contributed by atoms with Gasteiger partial charge in [0.1, 0.15) is 11.5 Å². The molecule has 9 heteroatoms. The summed E-state index contributed by atoms with van der Waals surface area (Å²) in [4.78, 5) is 35.7. The molecule has 5 heterocycles. The van der Waals surface area contributed by atoms with Gasteiger partial charge in [-0.2, -0.15) is 0 Å². The number of aromatic amines is 1. The molecule has 0 atom stereocenters. The van der Waals surface area contributed by atoms with Gasteiger partial charge < -0.3 is 19.8 Å². The van der Waals surface area contributed by atoms with Crippen LogP contribution in [0.2, 0.25) is 0 Å². The first kappa shape index (κ1) is 19.2. The van der Waals surface area contributed by atoms with Crippen molar-refractivity contribution in [1.82, 2.24) is 34.4 Å². The summed E-state index contributed by atoms with van der Waals surface area (Å²) >= 11 is 0. The highest BCUT2D eigenvalue weighted by molar-refractivity contribution is 5.98. The van der Waals surface area contributed by atoms with Crippen molar-refractivity contribution < 1.29 is 4.79 Å². The number of nitrogens with one attached hydrogen (secondary N) is 2. The smallest absolute Gasteiger partial charge is 0.270 e. The van der Waals surface area contributed by atoms with E-state index in [0.717, 1.165) is 40.3 Å². The summed E-state index contributed by atoms with van der Waals surface area (Å²) in [7, 11) is 0. The minimum atomic E-state index is -0.0265. The molecule has 0 spiro atoms. The number of hydrogen-bond acceptors (Lipinski definition) is 6. The summed E-state index contributed by atoms with van der Waals surface area (Å²) < 4.78 is 2.08. The number of amides is 1. The van der Waals surface area contributed by atoms with Crippen LogP contribution in [-0.2, 0) is 13.1 Å². The Balaban J connectivity index is 1.22. The van der Waals surface area contributed by atoms with Gasteiger partial charge in [-0.15, -0.1) is 0 Å². The quantitative estimate of drug-likeness (QED) is 0.446. The van der Waals surface area contributed by atoms with E-state index in [1.54, 1.807) is 18.6 Å². The number of carbonyl (C=O) groups is 1. The van der Waals surface area contributed by atoms with E-state index in [4.69, 9.17) is 0 Å². The van der Waals surface area contributed by atoms with Gasteiger partial charge >= 0.3 is 0 Å². The van der Waals surface area contributed by atoms with Crippen LogP contribution in [0.5, 0.6) is 0 Å². The van der Waals surface area contributed by atoms with Gasteiger partial charge in [0.15, 0.2) is 0 Å². The summed E-state index contributed by atoms with van der Waals surface area (Å²) in [6.45, 7) is 1.93. The van der Waals surface area contributed by atoms with E-state index >= 15 is 0 Å². The summed E-state index contributed by atoms with van der Waals surface area (Å²) in [6, 6.07) is 15.3. The molecule has 0 aliphatic carbocycles. The Hall–Kier alpha value is -4.53. The van der Waals surface area contributed by atoms with E-state index in [-0.39, 0.29) is 5.91 Å². The molecular weight excluding hydrogens is 416 g/mol. The Morgan fingerprint density at radius 3 is 2.82 bits per heavy atom. The molecule has 162 valence electrons. The average molecular weight is 436 g/mol. The third kappa shape index (κ3) is 3.69. The van der Waals surface area contributed by atoms with Crippen molar-refractivity contribution in [2.45, 2.75) is 13.1 Å². The van der Waals surface area contributed by atoms with Crippen LogP contribution in [0, 0.1) is 0 Å². The van der Waals surface area contributed by atoms with Gasteiger partial charge in [0.05, 0.1) is 17.9 Å². The van der Waals surface area contributed by atoms with E-state index in [0.29, 0.717) is 24.7 Å². The molecule has 0 saturated carbocycles. The maximum absolute atomic E-state index is 13.1. The normalized spacial score (nSPS) is 13.2. The second kappa shape index (κ2) is 7.86. The fourth-order valence-electron chi connectivity index (χ4n) is 4.05. The zero-order valence-electron chi connectivity index (χ0n) is 17.6. The summed E-state index contributed by atoms with van der Waals surface area (Å²) in [5, 5.41) is 4.18. The van der Waals surface area contributed by atoms with Crippen LogP contribution in [0.3, 0.4) is 0 Å². The number of aromatic nitrogens is 6. The average Bonchev–Trinajstić information content (AvgIpc) is 3.50. The standard InChI is InChI=1S/C24H20N8O/c33-23(32-12-11-31-10-9-26-22(31)15-32)21-14-16-13-17(4-5-18(16)29-21)28-24-27-8-6-20(30-24)19-3-1-2-7-25-19/h1-10,13-14,29H,11-12,15H2,(H,27,28,30). The van der Waals surface area contributed by atoms with E-state index in [9.17, 15) is 4.79 Å². The van der Waals surface area contributed by atoms with Crippen LogP contribution < -0.4 is 5.32 Å². The lowest BCUT2D eigenvalue weighted by Gasteiger charge is -2.27. The third-order valence-corrected chi connectivity index (χ3v) is 5.72. The number of fused-ring (bicyclic) bond motifs is 2. The molecule has 4 aromatic heterocycles. The molecule has 0 fully saturated rings. The van der Waals surface area contributed by atoms with Gasteiger partial charge in [0.2, 0.25) is 5.95 Å². The minimum Gasteiger partial charge on any atom is -0.351 e. The predicted molar refractivity (Wildman–Crippen MR) is 124 cm³/mol. The number of carbonyl (C=O) groups excluding carboxylic acids is 1. The number of imidazole rings is 1. The van der Waals surface area contributed by atoms with Gasteiger partial charge in [-0.05, 0) is 42.5 Å². The number of hydrogen-bond donors (Lipinski definition) is 2. The first-order valence-corrected chi connectivity index (χ1v) is 10.7. The van der Waals surface area contributed by atoms with Crippen molar-refractivity contribution in [3.05, 3.63) is 84.8 Å². The predicted octanol–water partition coefficient (Wildman–Crippen LogP) is 3.62. The lowest BCUT2D eigenvalue weighted by molar-refractivity contribution is 0.0702. The highest BCUT2D eigenvalue weighted by Gasteiger charge is 2.23. The maximum atomic E-state index is 13.1. The second-order valence-corrected chi connectivity index (χ2v) is 7.85. The molecule has 0 bridgehead atoms. The Labute approximate surface area is 189 Å². The molecule has 1 aliphatic heterocycles. The highest BCUT2D eigenvalue weighted by atomic mass is 16.2. The van der Waals surface area contributed by atoms with Crippen LogP contribution in [0.1, 0.15) is 16.3 Å². The Morgan fingerprint density at radius 2 is 1.91 bits per heavy atom. The van der Waals surface area contributed by atoms with Gasteiger partial charge in [-0.1, -0.05) is 6.07 Å². The monoisotopic (exact) mass is 436 g/mol. The molecule has 0 unspecified atom stereocenters. The van der Waals surface area contributed by atoms with E-state index in [1.807, 2.05) is 59.6 Å². The van der Waals surface area contributed by atoms with Crippen molar-refractivity contribution in [2.24, 2.45) is 0 Å². The highest BCUT2D eigenvalue weighted by Crippen LogP contribution is 2.24. The topological polar surface area (TPSA) is 105 Å². The van der Waals surface area contributed by atoms with E-state index < -0.39 is 0 Å². The van der Waals surface area contributed by atoms with Gasteiger partial charge in [0, 0.05) is 54.5 Å². The van der Waals surface area contributed by atoms with Crippen molar-refractivity contribution in [3.8, 4) is 11.4 Å². The zero-order valence-corrected chi connectivity index (χ0v) is 17.6. The number of anilines is 2. The molecule has 6 rings (SSSR count). The molecule has 5 aromatic rings. The summed E-state index contributed by atoms with van der Waals surface area (Å²) in [5.41, 5.74) is 3.82. The van der Waals surface area contributed by atoms with Crippen LogP contribution in [0.4, 0.5) is 11.6 Å². The first-order chi connectivity index (χ1) is 16.2. The minimum absolute atomic E-state index is 0.0265. The Kier molecular flexibility index (Phi) is 4.57. The van der Waals surface area contributed by atoms with Crippen molar-refractivity contribution >= 4 is 28.4 Å². The van der Waals surface area contributed by atoms with Crippen molar-refractivity contribution in [1.29, 1.82) is 0 Å². The van der Waals surface area contributed by atoms with Crippen molar-refractivity contribution in [2.75, 3.05) is 11.9 Å². The van der Waals surface area contributed by atoms with Gasteiger partial charge in [-0.25, -0.2) is 15.0 Å². The number of H-pyrrole nitrogens is 1. The molecule has 1 amide bonds. The van der Waals surface area contributed by atoms with Crippen LogP contribution in [-0.4, -0.2) is 46.8 Å². The lowest BCUT2D eigenvalue weighted by Crippen LogP contribution is -2.38. The largest absolute Gasteiger partial charge is 0.351 e. The molecule has 9 nitrogen and oxygen atoms in total. The van der Waals surface area contributed by atoms with E-state index in [1.165, 1.54) is 0 Å². The number of nitrogens with zero attached hydrogens (tertiary/aromatic N) is 6. The molecule has 1 aliphatic rings. The van der Waals surface area contributed by atoms with Gasteiger partial charge in [-0.3, -0.25) is 9.78 Å². The fraction of sp³-hybridized carbons (Fsp3) is 0.125. The number of pyridine rings is 1. The van der Waals surface area contributed by atoms with Crippen LogP contribution in [0.15, 0.2) is 73.3 Å². The Bertz CT molecular complexity index is 1460. The molecule has 33 heavy (non-hydrogen) atoms. The second-order valence-electron chi connectivity index (χ2n) is 7.85. The third-order valence-electron chi connectivity index (χ3n) is 5.72. The SMILES string of the molecule is O=C(c1cc2cc(Nc3nccc(-c4ccccn4)n3)ccc2[nH]1)N1CCn2ccnc2C1. The molecular formula is C24H20N8O. The maximum Gasteiger partial charge on any atom is 0.270 e. The Morgan fingerprint density at radius 1 is 0.939 bits per heavy atom. The van der Waals surface area contributed by atoms with Crippen molar-refractivity contribution in [3.63, 3.8) is 0 Å². The first-order valence-electron chi connectivity index (χ1n) is 10.7. The van der Waals surface area contributed by atoms with E-state index in [2.05, 4.69) is 34.8 Å². The molecule has 0 saturated heterocycles. The number of rotatable bonds is 4. The van der Waals surface area contributed by atoms with Gasteiger partial charge in [0.25, 0.3) is 5.91 Å². The molecule has 2 N–H and O–H groups in total. The number of benzene rings is 1. The summed E-state index contributed by atoms with van der Waals surface area (Å²) in [6.07, 6.45) is 7.16. The summed E-state index contributed by atoms with van der Waals surface area (Å²) in [5.74, 6) is 1.36. The lowest BCUT2D eigenvalue weighted by atomic mass is 10.2. The van der Waals surface area contributed by atoms with Crippen LogP contribution in [0.25, 0.3) is 22.3 Å².